The maximum atomic E-state index is 12.7. The number of carbonyl (C=O) groups excluding carboxylic acids is 1. The Bertz CT molecular complexity index is 1160. The standard InChI is InChI=1S/C21H21N7O3S/c1-3-27-15-7-5-4-6-14(15)24-18(27)13(8-22)17-12(2)9-23-20(25-17)26-19(29)16-10-32-11-28(16)21(30)31/h4-7,9,16,24H,3,10-11H2,1-2H3,(H,30,31)(H,23,25,26,29)/t16-/m0/s1. The SMILES string of the molecule is CCN1C(=C(C#N)c2nc(NC(=O)[C@@H]3CSCN3C(=O)O)ncc2C)Nc2ccccc21. The van der Waals surface area contributed by atoms with Crippen molar-refractivity contribution >= 4 is 46.7 Å². The molecule has 1 fully saturated rings. The molecule has 2 aliphatic heterocycles. The van der Waals surface area contributed by atoms with Crippen LogP contribution in [-0.2, 0) is 4.79 Å². The van der Waals surface area contributed by atoms with Gasteiger partial charge >= 0.3 is 6.09 Å². The van der Waals surface area contributed by atoms with Crippen molar-refractivity contribution in [2.24, 2.45) is 0 Å². The van der Waals surface area contributed by atoms with Crippen molar-refractivity contribution in [1.82, 2.24) is 14.9 Å². The number of thioether (sulfide) groups is 1. The Balaban J connectivity index is 1.67. The van der Waals surface area contributed by atoms with Crippen LogP contribution in [0.5, 0.6) is 0 Å². The van der Waals surface area contributed by atoms with E-state index in [0.29, 0.717) is 34.9 Å². The summed E-state index contributed by atoms with van der Waals surface area (Å²) in [4.78, 5) is 35.7. The van der Waals surface area contributed by atoms with Crippen molar-refractivity contribution in [3.8, 4) is 6.07 Å². The largest absolute Gasteiger partial charge is 0.465 e. The molecule has 3 heterocycles. The van der Waals surface area contributed by atoms with E-state index in [-0.39, 0.29) is 11.8 Å². The topological polar surface area (TPSA) is 134 Å². The van der Waals surface area contributed by atoms with Gasteiger partial charge in [0, 0.05) is 18.5 Å². The molecule has 10 nitrogen and oxygen atoms in total. The number of rotatable bonds is 4. The average molecular weight is 452 g/mol. The van der Waals surface area contributed by atoms with Crippen LogP contribution in [0, 0.1) is 18.3 Å². The zero-order valence-electron chi connectivity index (χ0n) is 17.5. The quantitative estimate of drug-likeness (QED) is 0.600. The molecule has 2 aromatic rings. The van der Waals surface area contributed by atoms with E-state index in [2.05, 4.69) is 26.7 Å². The predicted molar refractivity (Wildman–Crippen MR) is 122 cm³/mol. The number of nitrogens with one attached hydrogen (secondary N) is 2. The number of allylic oxidation sites excluding steroid dienone is 1. The second kappa shape index (κ2) is 8.76. The maximum Gasteiger partial charge on any atom is 0.408 e. The number of anilines is 3. The first kappa shape index (κ1) is 21.5. The zero-order valence-corrected chi connectivity index (χ0v) is 18.3. The van der Waals surface area contributed by atoms with Crippen LogP contribution in [0.4, 0.5) is 22.1 Å². The van der Waals surface area contributed by atoms with Gasteiger partial charge in [0.15, 0.2) is 0 Å². The van der Waals surface area contributed by atoms with Gasteiger partial charge < -0.3 is 15.3 Å². The summed E-state index contributed by atoms with van der Waals surface area (Å²) < 4.78 is 0. The second-order valence-corrected chi connectivity index (χ2v) is 8.20. The lowest BCUT2D eigenvalue weighted by atomic mass is 10.1. The fourth-order valence-corrected chi connectivity index (χ4v) is 4.82. The number of hydrogen-bond acceptors (Lipinski definition) is 8. The van der Waals surface area contributed by atoms with Gasteiger partial charge in [-0.2, -0.15) is 5.26 Å². The monoisotopic (exact) mass is 451 g/mol. The van der Waals surface area contributed by atoms with Crippen molar-refractivity contribution in [2.75, 3.05) is 33.7 Å². The van der Waals surface area contributed by atoms with Crippen molar-refractivity contribution in [2.45, 2.75) is 19.9 Å². The number of para-hydroxylation sites is 2. The first-order chi connectivity index (χ1) is 15.4. The number of nitriles is 1. The van der Waals surface area contributed by atoms with Crippen molar-refractivity contribution in [3.05, 3.63) is 47.5 Å². The fraction of sp³-hybridized carbons (Fsp3) is 0.286. The summed E-state index contributed by atoms with van der Waals surface area (Å²) in [5.41, 5.74) is 3.24. The number of amides is 2. The van der Waals surface area contributed by atoms with Crippen molar-refractivity contribution in [3.63, 3.8) is 0 Å². The third kappa shape index (κ3) is 3.80. The van der Waals surface area contributed by atoms with Gasteiger partial charge in [-0.3, -0.25) is 15.0 Å². The molecular formula is C21H21N7O3S. The van der Waals surface area contributed by atoms with Crippen molar-refractivity contribution in [1.29, 1.82) is 5.26 Å². The van der Waals surface area contributed by atoms with E-state index < -0.39 is 18.0 Å². The molecule has 0 saturated carbocycles. The predicted octanol–water partition coefficient (Wildman–Crippen LogP) is 2.92. The van der Waals surface area contributed by atoms with Gasteiger partial charge in [0.05, 0.1) is 22.9 Å². The second-order valence-electron chi connectivity index (χ2n) is 7.20. The lowest BCUT2D eigenvalue weighted by Gasteiger charge is -2.20. The van der Waals surface area contributed by atoms with Gasteiger partial charge in [0.25, 0.3) is 5.91 Å². The molecule has 1 aromatic carbocycles. The third-order valence-electron chi connectivity index (χ3n) is 5.26. The number of carboxylic acid groups (broad SMARTS) is 1. The van der Waals surface area contributed by atoms with Crippen LogP contribution in [0.1, 0.15) is 18.2 Å². The Labute approximate surface area is 188 Å². The summed E-state index contributed by atoms with van der Waals surface area (Å²) >= 11 is 1.36. The molecule has 32 heavy (non-hydrogen) atoms. The van der Waals surface area contributed by atoms with Gasteiger partial charge in [-0.15, -0.1) is 11.8 Å². The molecule has 1 aromatic heterocycles. The van der Waals surface area contributed by atoms with Gasteiger partial charge in [-0.1, -0.05) is 12.1 Å². The molecule has 1 atom stereocenters. The lowest BCUT2D eigenvalue weighted by molar-refractivity contribution is -0.119. The summed E-state index contributed by atoms with van der Waals surface area (Å²) in [7, 11) is 0. The number of aromatic nitrogens is 2. The van der Waals surface area contributed by atoms with Crippen LogP contribution in [-0.4, -0.2) is 56.2 Å². The Hall–Kier alpha value is -3.78. The molecular weight excluding hydrogens is 430 g/mol. The maximum absolute atomic E-state index is 12.7. The molecule has 11 heteroatoms. The number of aryl methyl sites for hydroxylation is 1. The highest BCUT2D eigenvalue weighted by atomic mass is 32.2. The summed E-state index contributed by atoms with van der Waals surface area (Å²) in [5, 5.41) is 25.2. The van der Waals surface area contributed by atoms with E-state index in [0.717, 1.165) is 16.3 Å². The summed E-state index contributed by atoms with van der Waals surface area (Å²) in [5.74, 6) is 0.721. The first-order valence-electron chi connectivity index (χ1n) is 9.94. The molecule has 0 radical (unpaired) electrons. The third-order valence-corrected chi connectivity index (χ3v) is 6.27. The van der Waals surface area contributed by atoms with E-state index in [4.69, 9.17) is 0 Å². The first-order valence-corrected chi connectivity index (χ1v) is 11.1. The number of benzene rings is 1. The van der Waals surface area contributed by atoms with E-state index in [1.54, 1.807) is 6.92 Å². The molecule has 0 aliphatic carbocycles. The molecule has 2 amide bonds. The fourth-order valence-electron chi connectivity index (χ4n) is 3.67. The molecule has 1 saturated heterocycles. The summed E-state index contributed by atoms with van der Waals surface area (Å²) in [6, 6.07) is 9.18. The van der Waals surface area contributed by atoms with E-state index in [9.17, 15) is 20.0 Å². The Morgan fingerprint density at radius 3 is 2.91 bits per heavy atom. The average Bonchev–Trinajstić information content (AvgIpc) is 3.41. The Morgan fingerprint density at radius 2 is 2.19 bits per heavy atom. The number of carbonyl (C=O) groups is 2. The van der Waals surface area contributed by atoms with E-state index >= 15 is 0 Å². The van der Waals surface area contributed by atoms with Crippen molar-refractivity contribution < 1.29 is 14.7 Å². The van der Waals surface area contributed by atoms with Gasteiger partial charge in [-0.25, -0.2) is 14.8 Å². The summed E-state index contributed by atoms with van der Waals surface area (Å²) in [6.45, 7) is 4.42. The minimum absolute atomic E-state index is 0.0183. The van der Waals surface area contributed by atoms with Crippen LogP contribution < -0.4 is 15.5 Å². The number of nitrogens with zero attached hydrogens (tertiary/aromatic N) is 5. The molecule has 164 valence electrons. The normalized spacial score (nSPS) is 18.6. The van der Waals surface area contributed by atoms with Crippen LogP contribution in [0.15, 0.2) is 36.3 Å². The number of hydrogen-bond donors (Lipinski definition) is 3. The van der Waals surface area contributed by atoms with Gasteiger partial charge in [-0.05, 0) is 31.5 Å². The molecule has 0 spiro atoms. The molecule has 0 bridgehead atoms. The zero-order chi connectivity index (χ0) is 22.8. The van der Waals surface area contributed by atoms with Gasteiger partial charge in [0.1, 0.15) is 23.5 Å². The van der Waals surface area contributed by atoms with Crippen LogP contribution in [0.25, 0.3) is 5.57 Å². The molecule has 4 rings (SSSR count). The molecule has 2 aliphatic rings. The van der Waals surface area contributed by atoms with E-state index in [1.807, 2.05) is 36.1 Å². The Morgan fingerprint density at radius 1 is 1.41 bits per heavy atom. The number of fused-ring (bicyclic) bond motifs is 1. The Kier molecular flexibility index (Phi) is 5.87. The van der Waals surface area contributed by atoms with Crippen LogP contribution in [0.2, 0.25) is 0 Å². The smallest absolute Gasteiger partial charge is 0.408 e. The van der Waals surface area contributed by atoms with Crippen LogP contribution in [0.3, 0.4) is 0 Å². The highest BCUT2D eigenvalue weighted by Crippen LogP contribution is 2.38. The van der Waals surface area contributed by atoms with E-state index in [1.165, 1.54) is 18.0 Å². The minimum Gasteiger partial charge on any atom is -0.465 e. The van der Waals surface area contributed by atoms with Gasteiger partial charge in [0.2, 0.25) is 5.95 Å². The van der Waals surface area contributed by atoms with Crippen LogP contribution >= 0.6 is 11.8 Å². The lowest BCUT2D eigenvalue weighted by Crippen LogP contribution is -2.44. The highest BCUT2D eigenvalue weighted by molar-refractivity contribution is 7.99. The highest BCUT2D eigenvalue weighted by Gasteiger charge is 2.35. The minimum atomic E-state index is -1.15. The summed E-state index contributed by atoms with van der Waals surface area (Å²) in [6.07, 6.45) is 0.385. The molecule has 0 unspecified atom stereocenters. The molecule has 3 N–H and O–H groups in total.